The van der Waals surface area contributed by atoms with Crippen molar-refractivity contribution in [1.29, 1.82) is 0 Å². The molecule has 0 atom stereocenters. The lowest BCUT2D eigenvalue weighted by Gasteiger charge is -2.08. The number of aromatic nitrogens is 2. The molecule has 21 heavy (non-hydrogen) atoms. The highest BCUT2D eigenvalue weighted by Gasteiger charge is 2.18. The van der Waals surface area contributed by atoms with Gasteiger partial charge in [0.1, 0.15) is 0 Å². The highest BCUT2D eigenvalue weighted by Crippen LogP contribution is 2.40. The van der Waals surface area contributed by atoms with Crippen LogP contribution in [0, 0.1) is 0 Å². The Bertz CT molecular complexity index is 812. The molecule has 0 fully saturated rings. The fourth-order valence-electron chi connectivity index (χ4n) is 2.18. The molecule has 0 radical (unpaired) electrons. The van der Waals surface area contributed by atoms with Crippen LogP contribution in [0.15, 0.2) is 42.5 Å². The predicted octanol–water partition coefficient (Wildman–Crippen LogP) is 5.29. The number of nitrogens with one attached hydrogen (secondary N) is 1. The number of aromatic amines is 1. The Balaban J connectivity index is 2.25. The minimum atomic E-state index is 0.365. The van der Waals surface area contributed by atoms with Gasteiger partial charge in [0.25, 0.3) is 0 Å². The van der Waals surface area contributed by atoms with E-state index in [0.717, 1.165) is 16.7 Å². The first-order valence-corrected chi connectivity index (χ1v) is 7.25. The zero-order valence-corrected chi connectivity index (χ0v) is 13.0. The number of H-pyrrole nitrogens is 1. The van der Waals surface area contributed by atoms with Gasteiger partial charge in [-0.05, 0) is 24.3 Å². The molecule has 1 aromatic heterocycles. The predicted molar refractivity (Wildman–Crippen MR) is 88.9 cm³/mol. The number of nitrogens with two attached hydrogens (primary N) is 1. The molecule has 0 aliphatic carbocycles. The van der Waals surface area contributed by atoms with E-state index in [4.69, 9.17) is 40.5 Å². The molecule has 0 saturated heterocycles. The van der Waals surface area contributed by atoms with Gasteiger partial charge in [0, 0.05) is 21.2 Å². The number of benzene rings is 2. The third-order valence-electron chi connectivity index (χ3n) is 3.14. The summed E-state index contributed by atoms with van der Waals surface area (Å²) in [5.41, 5.74) is 8.99. The minimum absolute atomic E-state index is 0.365. The van der Waals surface area contributed by atoms with Gasteiger partial charge in [0.05, 0.1) is 16.3 Å². The van der Waals surface area contributed by atoms with Gasteiger partial charge in [-0.3, -0.25) is 5.10 Å². The van der Waals surface area contributed by atoms with Gasteiger partial charge >= 0.3 is 0 Å². The molecule has 3 nitrogen and oxygen atoms in total. The lowest BCUT2D eigenvalue weighted by atomic mass is 10.0. The zero-order valence-electron chi connectivity index (χ0n) is 10.7. The topological polar surface area (TPSA) is 54.7 Å². The van der Waals surface area contributed by atoms with Crippen LogP contribution in [-0.2, 0) is 0 Å². The van der Waals surface area contributed by atoms with Crippen LogP contribution in [0.4, 0.5) is 5.82 Å². The normalized spacial score (nSPS) is 10.8. The molecule has 3 rings (SSSR count). The van der Waals surface area contributed by atoms with Gasteiger partial charge in [-0.2, -0.15) is 5.10 Å². The number of rotatable bonds is 2. The molecule has 2 aromatic carbocycles. The first-order valence-electron chi connectivity index (χ1n) is 6.12. The molecule has 0 bridgehead atoms. The Hall–Kier alpha value is -1.68. The summed E-state index contributed by atoms with van der Waals surface area (Å²) in [6.45, 7) is 0. The lowest BCUT2D eigenvalue weighted by molar-refractivity contribution is 1.10. The van der Waals surface area contributed by atoms with Crippen molar-refractivity contribution in [2.24, 2.45) is 0 Å². The van der Waals surface area contributed by atoms with Crippen LogP contribution in [0.1, 0.15) is 0 Å². The Kier molecular flexibility index (Phi) is 3.81. The van der Waals surface area contributed by atoms with Gasteiger partial charge in [0.15, 0.2) is 5.82 Å². The molecule has 106 valence electrons. The summed E-state index contributed by atoms with van der Waals surface area (Å²) in [6.07, 6.45) is 0. The molecular weight excluding hydrogens is 329 g/mol. The summed E-state index contributed by atoms with van der Waals surface area (Å²) in [5.74, 6) is 0.365. The van der Waals surface area contributed by atoms with Crippen LogP contribution < -0.4 is 5.73 Å². The molecule has 6 heteroatoms. The van der Waals surface area contributed by atoms with Crippen molar-refractivity contribution >= 4 is 40.6 Å². The largest absolute Gasteiger partial charge is 0.382 e. The molecule has 1 heterocycles. The van der Waals surface area contributed by atoms with Crippen molar-refractivity contribution in [3.63, 3.8) is 0 Å². The van der Waals surface area contributed by atoms with E-state index in [-0.39, 0.29) is 0 Å². The maximum Gasteiger partial charge on any atom is 0.153 e. The summed E-state index contributed by atoms with van der Waals surface area (Å²) >= 11 is 18.5. The summed E-state index contributed by atoms with van der Waals surface area (Å²) in [5, 5.41) is 8.66. The second-order valence-corrected chi connectivity index (χ2v) is 5.71. The van der Waals surface area contributed by atoms with E-state index in [0.29, 0.717) is 26.6 Å². The Morgan fingerprint density at radius 3 is 2.38 bits per heavy atom. The third kappa shape index (κ3) is 2.60. The minimum Gasteiger partial charge on any atom is -0.382 e. The number of halogens is 3. The van der Waals surface area contributed by atoms with Crippen molar-refractivity contribution in [3.8, 4) is 22.4 Å². The van der Waals surface area contributed by atoms with E-state index in [1.165, 1.54) is 0 Å². The number of anilines is 1. The maximum atomic E-state index is 6.27. The van der Waals surface area contributed by atoms with E-state index >= 15 is 0 Å². The van der Waals surface area contributed by atoms with Crippen molar-refractivity contribution in [2.45, 2.75) is 0 Å². The quantitative estimate of drug-likeness (QED) is 0.667. The zero-order chi connectivity index (χ0) is 15.0. The monoisotopic (exact) mass is 337 g/mol. The molecule has 0 aliphatic heterocycles. The van der Waals surface area contributed by atoms with Crippen LogP contribution in [-0.4, -0.2) is 10.2 Å². The van der Waals surface area contributed by atoms with Crippen LogP contribution in [0.3, 0.4) is 0 Å². The van der Waals surface area contributed by atoms with Crippen LogP contribution in [0.2, 0.25) is 15.1 Å². The van der Waals surface area contributed by atoms with Crippen LogP contribution >= 0.6 is 34.8 Å². The molecule has 0 saturated carbocycles. The summed E-state index contributed by atoms with van der Waals surface area (Å²) in [6, 6.07) is 12.7. The van der Waals surface area contributed by atoms with Crippen molar-refractivity contribution < 1.29 is 0 Å². The van der Waals surface area contributed by atoms with E-state index in [1.54, 1.807) is 18.2 Å². The second kappa shape index (κ2) is 5.60. The first-order chi connectivity index (χ1) is 10.1. The van der Waals surface area contributed by atoms with Gasteiger partial charge in [-0.15, -0.1) is 0 Å². The SMILES string of the molecule is Nc1n[nH]c(-c2ccc(Cl)cc2Cl)c1-c1ccccc1Cl. The number of nitrogen functional groups attached to an aromatic ring is 1. The van der Waals surface area contributed by atoms with Crippen LogP contribution in [0.5, 0.6) is 0 Å². The standard InChI is InChI=1S/C15H10Cl3N3/c16-8-5-6-10(12(18)7-8)14-13(15(19)21-20-14)9-3-1-2-4-11(9)17/h1-7H,(H3,19,20,21). The highest BCUT2D eigenvalue weighted by molar-refractivity contribution is 6.37. The fourth-order valence-corrected chi connectivity index (χ4v) is 2.91. The lowest BCUT2D eigenvalue weighted by Crippen LogP contribution is -1.90. The van der Waals surface area contributed by atoms with Crippen molar-refractivity contribution in [2.75, 3.05) is 5.73 Å². The molecule has 0 unspecified atom stereocenters. The number of hydrogen-bond acceptors (Lipinski definition) is 2. The molecular formula is C15H10Cl3N3. The third-order valence-corrected chi connectivity index (χ3v) is 4.02. The molecule has 0 aliphatic rings. The van der Waals surface area contributed by atoms with Gasteiger partial charge in [0.2, 0.25) is 0 Å². The Morgan fingerprint density at radius 1 is 0.905 bits per heavy atom. The molecule has 3 aromatic rings. The number of nitrogens with zero attached hydrogens (tertiary/aromatic N) is 1. The van der Waals surface area contributed by atoms with Gasteiger partial charge in [-0.1, -0.05) is 53.0 Å². The molecule has 0 spiro atoms. The Labute approximate surface area is 136 Å². The summed E-state index contributed by atoms with van der Waals surface area (Å²) in [7, 11) is 0. The maximum absolute atomic E-state index is 6.27. The summed E-state index contributed by atoms with van der Waals surface area (Å²) in [4.78, 5) is 0. The van der Waals surface area contributed by atoms with Gasteiger partial charge < -0.3 is 5.73 Å². The average molecular weight is 339 g/mol. The van der Waals surface area contributed by atoms with Crippen LogP contribution in [0.25, 0.3) is 22.4 Å². The van der Waals surface area contributed by atoms with Crippen molar-refractivity contribution in [3.05, 3.63) is 57.5 Å². The average Bonchev–Trinajstić information content (AvgIpc) is 2.81. The second-order valence-electron chi connectivity index (χ2n) is 4.46. The number of hydrogen-bond donors (Lipinski definition) is 2. The molecule has 0 amide bonds. The van der Waals surface area contributed by atoms with Gasteiger partial charge in [-0.25, -0.2) is 0 Å². The van der Waals surface area contributed by atoms with E-state index in [1.807, 2.05) is 24.3 Å². The molecule has 3 N–H and O–H groups in total. The van der Waals surface area contributed by atoms with E-state index in [9.17, 15) is 0 Å². The first kappa shape index (κ1) is 14.3. The van der Waals surface area contributed by atoms with Crippen molar-refractivity contribution in [1.82, 2.24) is 10.2 Å². The smallest absolute Gasteiger partial charge is 0.153 e. The summed E-state index contributed by atoms with van der Waals surface area (Å²) < 4.78 is 0. The van der Waals surface area contributed by atoms with E-state index < -0.39 is 0 Å². The Morgan fingerprint density at radius 2 is 1.67 bits per heavy atom. The van der Waals surface area contributed by atoms with E-state index in [2.05, 4.69) is 10.2 Å². The highest BCUT2D eigenvalue weighted by atomic mass is 35.5. The fraction of sp³-hybridized carbons (Fsp3) is 0.